The number of nitrogens with one attached hydrogen (secondary N) is 2. The fourth-order valence-corrected chi connectivity index (χ4v) is 3.27. The third kappa shape index (κ3) is 6.67. The Morgan fingerprint density at radius 2 is 2.00 bits per heavy atom. The molecule has 1 aromatic carbocycles. The molecule has 25 heavy (non-hydrogen) atoms. The zero-order valence-corrected chi connectivity index (χ0v) is 16.3. The summed E-state index contributed by atoms with van der Waals surface area (Å²) in [5, 5.41) is 6.69. The van der Waals surface area contributed by atoms with Crippen molar-refractivity contribution in [2.45, 2.75) is 39.3 Å². The van der Waals surface area contributed by atoms with Crippen LogP contribution in [0.25, 0.3) is 0 Å². The molecule has 2 N–H and O–H groups in total. The maximum Gasteiger partial charge on any atom is 0.191 e. The molecule has 1 atom stereocenters. The molecule has 5 heteroatoms. The molecule has 1 unspecified atom stereocenters. The van der Waals surface area contributed by atoms with E-state index in [-0.39, 0.29) is 0 Å². The lowest BCUT2D eigenvalue weighted by molar-refractivity contribution is 0.0894. The second-order valence-corrected chi connectivity index (χ2v) is 7.14. The summed E-state index contributed by atoms with van der Waals surface area (Å²) in [5.74, 6) is 0.926. The second kappa shape index (κ2) is 10.4. The van der Waals surface area contributed by atoms with E-state index < -0.39 is 0 Å². The van der Waals surface area contributed by atoms with Crippen LogP contribution in [0.5, 0.6) is 0 Å². The zero-order valence-electron chi connectivity index (χ0n) is 16.3. The molecule has 1 aromatic rings. The minimum absolute atomic E-state index is 0.401. The fraction of sp³-hybridized carbons (Fsp3) is 0.650. The summed E-state index contributed by atoms with van der Waals surface area (Å²) in [6.45, 7) is 12.6. The summed E-state index contributed by atoms with van der Waals surface area (Å²) in [4.78, 5) is 9.76. The number of likely N-dealkylation sites (N-methyl/N-ethyl adjacent to an activating group) is 1. The minimum atomic E-state index is 0.401. The first kappa shape index (κ1) is 19.7. The highest BCUT2D eigenvalue weighted by Gasteiger charge is 2.25. The van der Waals surface area contributed by atoms with E-state index in [9.17, 15) is 0 Å². The molecular weight excluding hydrogens is 310 g/mol. The van der Waals surface area contributed by atoms with Crippen molar-refractivity contribution in [1.29, 1.82) is 0 Å². The van der Waals surface area contributed by atoms with Crippen molar-refractivity contribution in [3.63, 3.8) is 0 Å². The zero-order chi connectivity index (χ0) is 18.1. The molecule has 0 aromatic heterocycles. The maximum absolute atomic E-state index is 4.71. The Kier molecular flexibility index (Phi) is 8.22. The average Bonchev–Trinajstić information content (AvgIpc) is 2.60. The molecule has 0 radical (unpaired) electrons. The first-order valence-electron chi connectivity index (χ1n) is 9.62. The fourth-order valence-electron chi connectivity index (χ4n) is 3.27. The standard InChI is InChI=1S/C20H35N5/c1-5-21-20(23-17(2)3)22-12-9-13-25-15-14-24(4)16-19(25)18-10-7-6-8-11-18/h6-8,10-11,17,19H,5,9,12-16H2,1-4H3,(H2,21,22,23). The molecular formula is C20H35N5. The Hall–Kier alpha value is -1.59. The first-order valence-corrected chi connectivity index (χ1v) is 9.62. The summed E-state index contributed by atoms with van der Waals surface area (Å²) in [7, 11) is 2.22. The highest BCUT2D eigenvalue weighted by Crippen LogP contribution is 2.24. The van der Waals surface area contributed by atoms with Crippen molar-refractivity contribution < 1.29 is 0 Å². The Labute approximate surface area is 153 Å². The molecule has 1 aliphatic rings. The van der Waals surface area contributed by atoms with Crippen LogP contribution in [0, 0.1) is 0 Å². The second-order valence-electron chi connectivity index (χ2n) is 7.14. The van der Waals surface area contributed by atoms with Gasteiger partial charge in [0, 0.05) is 51.4 Å². The smallest absolute Gasteiger partial charge is 0.191 e. The molecule has 140 valence electrons. The van der Waals surface area contributed by atoms with Crippen LogP contribution in [0.3, 0.4) is 0 Å². The lowest BCUT2D eigenvalue weighted by Gasteiger charge is -2.40. The molecule has 1 heterocycles. The van der Waals surface area contributed by atoms with Gasteiger partial charge in [0.25, 0.3) is 0 Å². The Bertz CT molecular complexity index is 514. The van der Waals surface area contributed by atoms with Crippen LogP contribution in [0.1, 0.15) is 38.8 Å². The number of guanidine groups is 1. The van der Waals surface area contributed by atoms with Gasteiger partial charge in [-0.05, 0) is 39.8 Å². The van der Waals surface area contributed by atoms with E-state index in [1.807, 2.05) is 0 Å². The SMILES string of the molecule is CCNC(=NCCCN1CCN(C)CC1c1ccccc1)NC(C)C. The van der Waals surface area contributed by atoms with Gasteiger partial charge in [-0.25, -0.2) is 0 Å². The normalized spacial score (nSPS) is 20.0. The number of aliphatic imine (C=N–C) groups is 1. The van der Waals surface area contributed by atoms with Crippen molar-refractivity contribution in [1.82, 2.24) is 20.4 Å². The van der Waals surface area contributed by atoms with Crippen LogP contribution in [0.4, 0.5) is 0 Å². The van der Waals surface area contributed by atoms with Crippen molar-refractivity contribution >= 4 is 5.96 Å². The van der Waals surface area contributed by atoms with Crippen molar-refractivity contribution in [3.05, 3.63) is 35.9 Å². The van der Waals surface area contributed by atoms with E-state index in [0.29, 0.717) is 12.1 Å². The quantitative estimate of drug-likeness (QED) is 0.452. The van der Waals surface area contributed by atoms with Gasteiger partial charge >= 0.3 is 0 Å². The largest absolute Gasteiger partial charge is 0.357 e. The molecule has 0 saturated carbocycles. The van der Waals surface area contributed by atoms with Crippen LogP contribution >= 0.6 is 0 Å². The van der Waals surface area contributed by atoms with Crippen LogP contribution in [-0.4, -0.2) is 68.1 Å². The predicted molar refractivity (Wildman–Crippen MR) is 107 cm³/mol. The van der Waals surface area contributed by atoms with Gasteiger partial charge in [0.1, 0.15) is 0 Å². The summed E-state index contributed by atoms with van der Waals surface area (Å²) >= 11 is 0. The third-order valence-electron chi connectivity index (χ3n) is 4.52. The highest BCUT2D eigenvalue weighted by molar-refractivity contribution is 5.79. The Balaban J connectivity index is 1.89. The van der Waals surface area contributed by atoms with Crippen LogP contribution in [-0.2, 0) is 0 Å². The predicted octanol–water partition coefficient (Wildman–Crippen LogP) is 2.33. The number of piperazine rings is 1. The Morgan fingerprint density at radius 3 is 2.68 bits per heavy atom. The Morgan fingerprint density at radius 1 is 1.24 bits per heavy atom. The van der Waals surface area contributed by atoms with Crippen LogP contribution in [0.2, 0.25) is 0 Å². The van der Waals surface area contributed by atoms with Gasteiger partial charge in [-0.1, -0.05) is 30.3 Å². The van der Waals surface area contributed by atoms with Gasteiger partial charge in [0.2, 0.25) is 0 Å². The number of rotatable bonds is 7. The maximum atomic E-state index is 4.71. The van der Waals surface area contributed by atoms with Gasteiger partial charge in [0.05, 0.1) is 0 Å². The van der Waals surface area contributed by atoms with E-state index in [1.54, 1.807) is 0 Å². The topological polar surface area (TPSA) is 42.9 Å². The minimum Gasteiger partial charge on any atom is -0.357 e. The highest BCUT2D eigenvalue weighted by atomic mass is 15.3. The summed E-state index contributed by atoms with van der Waals surface area (Å²) in [5.41, 5.74) is 1.42. The molecule has 1 saturated heterocycles. The third-order valence-corrected chi connectivity index (χ3v) is 4.52. The molecule has 0 spiro atoms. The molecule has 5 nitrogen and oxygen atoms in total. The van der Waals surface area contributed by atoms with Crippen molar-refractivity contribution in [2.24, 2.45) is 4.99 Å². The average molecular weight is 346 g/mol. The lowest BCUT2D eigenvalue weighted by atomic mass is 10.0. The van der Waals surface area contributed by atoms with Crippen LogP contribution in [0.15, 0.2) is 35.3 Å². The summed E-state index contributed by atoms with van der Waals surface area (Å²) < 4.78 is 0. The number of benzene rings is 1. The van der Waals surface area contributed by atoms with E-state index in [0.717, 1.165) is 51.6 Å². The van der Waals surface area contributed by atoms with Gasteiger partial charge in [-0.2, -0.15) is 0 Å². The van der Waals surface area contributed by atoms with E-state index in [4.69, 9.17) is 4.99 Å². The monoisotopic (exact) mass is 345 g/mol. The van der Waals surface area contributed by atoms with Crippen molar-refractivity contribution in [3.8, 4) is 0 Å². The molecule has 0 aliphatic carbocycles. The molecule has 2 rings (SSSR count). The van der Waals surface area contributed by atoms with Gasteiger partial charge < -0.3 is 15.5 Å². The molecule has 1 aliphatic heterocycles. The van der Waals surface area contributed by atoms with Gasteiger partial charge in [0.15, 0.2) is 5.96 Å². The lowest BCUT2D eigenvalue weighted by Crippen LogP contribution is -2.47. The number of hydrogen-bond acceptors (Lipinski definition) is 3. The molecule has 1 fully saturated rings. The van der Waals surface area contributed by atoms with Crippen molar-refractivity contribution in [2.75, 3.05) is 46.3 Å². The number of hydrogen-bond donors (Lipinski definition) is 2. The molecule has 0 bridgehead atoms. The summed E-state index contributed by atoms with van der Waals surface area (Å²) in [6, 6.07) is 11.8. The molecule has 0 amide bonds. The van der Waals surface area contributed by atoms with Crippen LogP contribution < -0.4 is 10.6 Å². The van der Waals surface area contributed by atoms with Gasteiger partial charge in [-0.3, -0.25) is 9.89 Å². The van der Waals surface area contributed by atoms with E-state index in [1.165, 1.54) is 5.56 Å². The summed E-state index contributed by atoms with van der Waals surface area (Å²) in [6.07, 6.45) is 1.09. The van der Waals surface area contributed by atoms with E-state index >= 15 is 0 Å². The number of nitrogens with zero attached hydrogens (tertiary/aromatic N) is 3. The van der Waals surface area contributed by atoms with E-state index in [2.05, 4.69) is 78.6 Å². The first-order chi connectivity index (χ1) is 12.1. The van der Waals surface area contributed by atoms with Gasteiger partial charge in [-0.15, -0.1) is 0 Å².